The molecule has 0 radical (unpaired) electrons. The molecular weight excluding hydrogens is 475 g/mol. The third-order valence-corrected chi connectivity index (χ3v) is 5.63. The number of aromatic nitrogens is 3. The fourth-order valence-corrected chi connectivity index (χ4v) is 3.79. The molecule has 0 saturated carbocycles. The van der Waals surface area contributed by atoms with Crippen molar-refractivity contribution in [3.63, 3.8) is 0 Å². The number of carbonyl (C=O) groups is 1. The van der Waals surface area contributed by atoms with Gasteiger partial charge in [-0.3, -0.25) is 4.79 Å². The van der Waals surface area contributed by atoms with E-state index >= 15 is 0 Å². The first-order chi connectivity index (χ1) is 15.7. The van der Waals surface area contributed by atoms with Crippen molar-refractivity contribution in [1.82, 2.24) is 20.2 Å². The van der Waals surface area contributed by atoms with Crippen LogP contribution in [0, 0.1) is 0 Å². The van der Waals surface area contributed by atoms with Crippen LogP contribution in [0.4, 0.5) is 13.2 Å². The number of carbonyl (C=O) groups excluding carboxylic acids is 1. The summed E-state index contributed by atoms with van der Waals surface area (Å²) < 4.78 is 41.6. The molecule has 0 aliphatic rings. The average Bonchev–Trinajstić information content (AvgIpc) is 3.46. The Hall–Kier alpha value is -3.50. The van der Waals surface area contributed by atoms with Gasteiger partial charge in [-0.2, -0.15) is 23.4 Å². The van der Waals surface area contributed by atoms with Crippen molar-refractivity contribution in [2.75, 3.05) is 0 Å². The minimum absolute atomic E-state index is 0.0764. The topological polar surface area (TPSA) is 72.2 Å². The molecule has 2 aromatic heterocycles. The number of amides is 1. The van der Waals surface area contributed by atoms with Gasteiger partial charge in [-0.1, -0.05) is 54.1 Å². The maximum absolute atomic E-state index is 13.6. The van der Waals surface area contributed by atoms with Crippen molar-refractivity contribution < 1.29 is 18.0 Å². The van der Waals surface area contributed by atoms with Gasteiger partial charge in [0, 0.05) is 16.0 Å². The Bertz CT molecular complexity index is 1310. The Kier molecular flexibility index (Phi) is 6.30. The quantitative estimate of drug-likeness (QED) is 0.283. The van der Waals surface area contributed by atoms with Crippen LogP contribution in [0.1, 0.15) is 28.7 Å². The molecular formula is C22H15ClF3N5OS. The van der Waals surface area contributed by atoms with E-state index in [0.717, 1.165) is 23.0 Å². The summed E-state index contributed by atoms with van der Waals surface area (Å²) in [5, 5.41) is 9.93. The van der Waals surface area contributed by atoms with Gasteiger partial charge in [0.1, 0.15) is 5.69 Å². The van der Waals surface area contributed by atoms with Crippen LogP contribution >= 0.6 is 22.9 Å². The Morgan fingerprint density at radius 1 is 1.12 bits per heavy atom. The molecule has 0 saturated heterocycles. The van der Waals surface area contributed by atoms with Crippen LogP contribution in [0.3, 0.4) is 0 Å². The van der Waals surface area contributed by atoms with Crippen LogP contribution in [-0.4, -0.2) is 26.4 Å². The zero-order chi connectivity index (χ0) is 23.6. The van der Waals surface area contributed by atoms with Crippen molar-refractivity contribution in [1.29, 1.82) is 0 Å². The minimum atomic E-state index is -4.66. The van der Waals surface area contributed by atoms with Gasteiger partial charge in [-0.05, 0) is 30.7 Å². The fraction of sp³-hybridized carbons (Fsp3) is 0.0909. The van der Waals surface area contributed by atoms with Gasteiger partial charge in [-0.15, -0.1) is 11.3 Å². The van der Waals surface area contributed by atoms with Crippen LogP contribution in [0.5, 0.6) is 0 Å². The molecule has 4 rings (SSSR count). The lowest BCUT2D eigenvalue weighted by atomic mass is 10.1. The molecule has 4 aromatic rings. The molecule has 11 heteroatoms. The lowest BCUT2D eigenvalue weighted by molar-refractivity contribution is -0.142. The molecule has 0 unspecified atom stereocenters. The lowest BCUT2D eigenvalue weighted by Gasteiger charge is -2.07. The number of halogens is 4. The van der Waals surface area contributed by atoms with E-state index in [4.69, 9.17) is 11.6 Å². The van der Waals surface area contributed by atoms with Crippen molar-refractivity contribution in [3.8, 4) is 16.4 Å². The van der Waals surface area contributed by atoms with Crippen LogP contribution in [0.2, 0.25) is 5.02 Å². The molecule has 0 bridgehead atoms. The fourth-order valence-electron chi connectivity index (χ4n) is 2.89. The van der Waals surface area contributed by atoms with E-state index in [2.05, 4.69) is 20.6 Å². The second-order valence-electron chi connectivity index (χ2n) is 6.85. The molecule has 1 amide bonds. The van der Waals surface area contributed by atoms with Gasteiger partial charge < -0.3 is 0 Å². The molecule has 168 valence electrons. The number of thiazole rings is 1. The van der Waals surface area contributed by atoms with E-state index in [1.54, 1.807) is 61.5 Å². The summed E-state index contributed by atoms with van der Waals surface area (Å²) in [6.45, 7) is 1.69. The molecule has 33 heavy (non-hydrogen) atoms. The summed E-state index contributed by atoms with van der Waals surface area (Å²) >= 11 is 6.73. The van der Waals surface area contributed by atoms with E-state index in [-0.39, 0.29) is 16.5 Å². The third kappa shape index (κ3) is 5.12. The number of hydrogen-bond donors (Lipinski definition) is 1. The molecule has 0 spiro atoms. The van der Waals surface area contributed by atoms with E-state index in [0.29, 0.717) is 21.0 Å². The summed E-state index contributed by atoms with van der Waals surface area (Å²) in [4.78, 5) is 16.5. The Labute approximate surface area is 195 Å². The molecule has 0 aliphatic carbocycles. The maximum atomic E-state index is 13.6. The largest absolute Gasteiger partial charge is 0.433 e. The highest BCUT2D eigenvalue weighted by Crippen LogP contribution is 2.34. The Morgan fingerprint density at radius 3 is 2.48 bits per heavy atom. The number of nitrogens with one attached hydrogen (secondary N) is 1. The summed E-state index contributed by atoms with van der Waals surface area (Å²) in [6, 6.07) is 16.3. The lowest BCUT2D eigenvalue weighted by Crippen LogP contribution is -2.20. The standard InChI is InChI=1S/C22H15ClF3N5OS/c1-13(14-7-9-16(23)10-8-14)28-29-20(32)18-12-33-21(27-18)31-19(22(24,25)26)11-17(30-31)15-5-3-2-4-6-15/h2-12H,1H3,(H,29,32)/b28-13-. The van der Waals surface area contributed by atoms with Gasteiger partial charge in [0.05, 0.1) is 11.4 Å². The predicted octanol–water partition coefficient (Wildman–Crippen LogP) is 5.82. The second kappa shape index (κ2) is 9.16. The third-order valence-electron chi connectivity index (χ3n) is 4.56. The first-order valence-corrected chi connectivity index (χ1v) is 10.8. The normalized spacial score (nSPS) is 12.1. The smallest absolute Gasteiger partial charge is 0.266 e. The van der Waals surface area contributed by atoms with Crippen LogP contribution in [-0.2, 0) is 6.18 Å². The van der Waals surface area contributed by atoms with Crippen LogP contribution < -0.4 is 5.43 Å². The Balaban J connectivity index is 1.59. The number of benzene rings is 2. The van der Waals surface area contributed by atoms with E-state index in [9.17, 15) is 18.0 Å². The predicted molar refractivity (Wildman–Crippen MR) is 121 cm³/mol. The monoisotopic (exact) mass is 489 g/mol. The number of nitrogens with zero attached hydrogens (tertiary/aromatic N) is 4. The van der Waals surface area contributed by atoms with Gasteiger partial charge in [-0.25, -0.2) is 15.1 Å². The number of alkyl halides is 3. The van der Waals surface area contributed by atoms with Gasteiger partial charge in [0.25, 0.3) is 5.91 Å². The molecule has 6 nitrogen and oxygen atoms in total. The van der Waals surface area contributed by atoms with Crippen molar-refractivity contribution in [2.24, 2.45) is 5.10 Å². The maximum Gasteiger partial charge on any atom is 0.433 e. The molecule has 2 heterocycles. The van der Waals surface area contributed by atoms with Crippen LogP contribution in [0.15, 0.2) is 71.1 Å². The highest BCUT2D eigenvalue weighted by molar-refractivity contribution is 7.12. The number of hydrazone groups is 1. The van der Waals surface area contributed by atoms with Crippen molar-refractivity contribution in [2.45, 2.75) is 13.1 Å². The molecule has 2 aromatic carbocycles. The first kappa shape index (κ1) is 22.7. The highest BCUT2D eigenvalue weighted by atomic mass is 35.5. The number of hydrogen-bond acceptors (Lipinski definition) is 5. The second-order valence-corrected chi connectivity index (χ2v) is 8.12. The summed E-state index contributed by atoms with van der Waals surface area (Å²) in [5.74, 6) is -0.658. The summed E-state index contributed by atoms with van der Waals surface area (Å²) in [5.41, 5.74) is 3.25. The van der Waals surface area contributed by atoms with Crippen LogP contribution in [0.25, 0.3) is 16.4 Å². The summed E-state index contributed by atoms with van der Waals surface area (Å²) in [7, 11) is 0. The zero-order valence-corrected chi connectivity index (χ0v) is 18.5. The molecule has 0 atom stereocenters. The SMILES string of the molecule is C/C(=N/NC(=O)c1csc(-n2nc(-c3ccccc3)cc2C(F)(F)F)n1)c1ccc(Cl)cc1. The minimum Gasteiger partial charge on any atom is -0.266 e. The Morgan fingerprint density at radius 2 is 1.82 bits per heavy atom. The van der Waals surface area contributed by atoms with Crippen molar-refractivity contribution >= 4 is 34.6 Å². The van der Waals surface area contributed by atoms with E-state index in [1.807, 2.05) is 0 Å². The average molecular weight is 490 g/mol. The molecule has 0 aliphatic heterocycles. The number of rotatable bonds is 5. The highest BCUT2D eigenvalue weighted by Gasteiger charge is 2.37. The van der Waals surface area contributed by atoms with E-state index < -0.39 is 17.8 Å². The summed E-state index contributed by atoms with van der Waals surface area (Å²) in [6.07, 6.45) is -4.66. The molecule has 1 N–H and O–H groups in total. The first-order valence-electron chi connectivity index (χ1n) is 9.51. The zero-order valence-electron chi connectivity index (χ0n) is 17.0. The van der Waals surface area contributed by atoms with E-state index in [1.165, 1.54) is 5.38 Å². The molecule has 0 fully saturated rings. The van der Waals surface area contributed by atoms with Gasteiger partial charge >= 0.3 is 6.18 Å². The van der Waals surface area contributed by atoms with Gasteiger partial charge in [0.15, 0.2) is 5.69 Å². The van der Waals surface area contributed by atoms with Crippen molar-refractivity contribution in [3.05, 3.63) is 88.0 Å². The van der Waals surface area contributed by atoms with Gasteiger partial charge in [0.2, 0.25) is 5.13 Å².